The van der Waals surface area contributed by atoms with Gasteiger partial charge < -0.3 is 24.1 Å². The highest BCUT2D eigenvalue weighted by Gasteiger charge is 2.35. The minimum Gasteiger partial charge on any atom is -0.443 e. The van der Waals surface area contributed by atoms with E-state index in [1.54, 1.807) is 97.1 Å². The maximum Gasteiger partial charge on any atom is 0.429 e. The Morgan fingerprint density at radius 3 is 1.19 bits per heavy atom. The SMILES string of the molecule is CCC[C@H](C[C@H](CO)N(NC(=O)OCc1ccccc1)C(=O)OCc1ccccc1)N(NC(=O)OCc1ccccc1)C(=O)OCc1ccccc1. The van der Waals surface area contributed by atoms with Gasteiger partial charge in [0.1, 0.15) is 26.4 Å². The molecule has 4 rings (SSSR count). The van der Waals surface area contributed by atoms with Crippen LogP contribution < -0.4 is 10.9 Å². The van der Waals surface area contributed by atoms with E-state index in [1.807, 2.05) is 31.2 Å². The number of benzene rings is 4. The highest BCUT2D eigenvalue weighted by Crippen LogP contribution is 2.19. The van der Waals surface area contributed by atoms with Gasteiger partial charge in [0.15, 0.2) is 0 Å². The number of nitrogens with zero attached hydrogens (tertiary/aromatic N) is 2. The van der Waals surface area contributed by atoms with Crippen molar-refractivity contribution in [3.8, 4) is 0 Å². The molecule has 0 aromatic heterocycles. The van der Waals surface area contributed by atoms with Gasteiger partial charge in [-0.1, -0.05) is 135 Å². The zero-order valence-corrected chi connectivity index (χ0v) is 29.0. The summed E-state index contributed by atoms with van der Waals surface area (Å²) < 4.78 is 21.9. The highest BCUT2D eigenvalue weighted by molar-refractivity contribution is 5.75. The van der Waals surface area contributed by atoms with Crippen LogP contribution in [0.1, 0.15) is 48.4 Å². The van der Waals surface area contributed by atoms with Crippen molar-refractivity contribution in [1.29, 1.82) is 0 Å². The number of carbonyl (C=O) groups excluding carboxylic acids is 4. The van der Waals surface area contributed by atoms with Crippen LogP contribution in [0.3, 0.4) is 0 Å². The van der Waals surface area contributed by atoms with Crippen LogP contribution in [0.4, 0.5) is 19.2 Å². The molecule has 3 N–H and O–H groups in total. The molecule has 0 aliphatic rings. The van der Waals surface area contributed by atoms with E-state index >= 15 is 0 Å². The molecule has 4 aromatic carbocycles. The molecule has 4 aromatic rings. The van der Waals surface area contributed by atoms with Crippen LogP contribution in [-0.4, -0.2) is 58.2 Å². The summed E-state index contributed by atoms with van der Waals surface area (Å²) in [6.45, 7) is 0.843. The number of amides is 4. The standard InChI is InChI=1S/C39H44N4O9/c1-2-15-34(42(38(47)51-28-32-20-11-5-12-21-32)40-36(45)49-26-30-16-7-3-8-17-30)24-35(25-44)43(39(48)52-29-33-22-13-6-14-23-33)41-37(46)50-27-31-18-9-4-10-19-31/h3-14,16-23,34-35,44H,2,15,24-29H2,1H3,(H,40,45)(H,41,46)/t34-,35-/m1/s1. The fourth-order valence-electron chi connectivity index (χ4n) is 5.12. The number of hydrogen-bond acceptors (Lipinski definition) is 9. The lowest BCUT2D eigenvalue weighted by molar-refractivity contribution is 0.00893. The normalized spacial score (nSPS) is 11.7. The van der Waals surface area contributed by atoms with Crippen molar-refractivity contribution in [1.82, 2.24) is 20.9 Å². The van der Waals surface area contributed by atoms with Crippen LogP contribution >= 0.6 is 0 Å². The maximum absolute atomic E-state index is 13.6. The number of rotatable bonds is 15. The zero-order valence-electron chi connectivity index (χ0n) is 29.0. The van der Waals surface area contributed by atoms with Crippen molar-refractivity contribution in [3.63, 3.8) is 0 Å². The van der Waals surface area contributed by atoms with E-state index in [0.717, 1.165) is 15.6 Å². The molecule has 0 saturated heterocycles. The Bertz CT molecular complexity index is 1660. The van der Waals surface area contributed by atoms with Crippen LogP contribution in [0, 0.1) is 0 Å². The van der Waals surface area contributed by atoms with E-state index in [9.17, 15) is 24.3 Å². The molecule has 0 spiro atoms. The second-order valence-corrected chi connectivity index (χ2v) is 11.7. The molecule has 0 unspecified atom stereocenters. The maximum atomic E-state index is 13.6. The Hall–Kier alpha value is -6.08. The van der Waals surface area contributed by atoms with E-state index in [2.05, 4.69) is 10.9 Å². The van der Waals surface area contributed by atoms with Crippen molar-refractivity contribution in [3.05, 3.63) is 144 Å². The molecule has 0 aliphatic carbocycles. The molecule has 4 amide bonds. The van der Waals surface area contributed by atoms with Crippen LogP contribution in [0.2, 0.25) is 0 Å². The van der Waals surface area contributed by atoms with Crippen LogP contribution in [0.15, 0.2) is 121 Å². The Balaban J connectivity index is 1.55. The third-order valence-corrected chi connectivity index (χ3v) is 7.76. The molecule has 0 heterocycles. The summed E-state index contributed by atoms with van der Waals surface area (Å²) in [6.07, 6.45) is -3.11. The average Bonchev–Trinajstić information content (AvgIpc) is 3.19. The summed E-state index contributed by atoms with van der Waals surface area (Å²) in [5, 5.41) is 12.5. The molecule has 274 valence electrons. The Kier molecular flexibility index (Phi) is 15.8. The fraction of sp³-hybridized carbons (Fsp3) is 0.282. The predicted octanol–water partition coefficient (Wildman–Crippen LogP) is 6.87. The van der Waals surface area contributed by atoms with Gasteiger partial charge in [0.2, 0.25) is 0 Å². The first kappa shape index (κ1) is 38.7. The molecular weight excluding hydrogens is 668 g/mol. The topological polar surface area (TPSA) is 156 Å². The van der Waals surface area contributed by atoms with Crippen LogP contribution in [0.5, 0.6) is 0 Å². The Morgan fingerprint density at radius 1 is 0.538 bits per heavy atom. The molecule has 52 heavy (non-hydrogen) atoms. The Labute approximate surface area is 303 Å². The van der Waals surface area contributed by atoms with Gasteiger partial charge >= 0.3 is 24.4 Å². The van der Waals surface area contributed by atoms with E-state index in [-0.39, 0.29) is 32.8 Å². The molecule has 13 heteroatoms. The second kappa shape index (κ2) is 21.2. The summed E-state index contributed by atoms with van der Waals surface area (Å²) in [5.74, 6) is 0. The first-order valence-corrected chi connectivity index (χ1v) is 16.9. The molecule has 0 fully saturated rings. The number of hydrazine groups is 2. The average molecular weight is 713 g/mol. The Morgan fingerprint density at radius 2 is 0.865 bits per heavy atom. The van der Waals surface area contributed by atoms with Gasteiger partial charge in [0.25, 0.3) is 0 Å². The van der Waals surface area contributed by atoms with Gasteiger partial charge in [-0.25, -0.2) is 40.0 Å². The first-order chi connectivity index (χ1) is 25.4. The number of aliphatic hydroxyl groups excluding tert-OH is 1. The lowest BCUT2D eigenvalue weighted by atomic mass is 10.0. The van der Waals surface area contributed by atoms with Crippen molar-refractivity contribution >= 4 is 24.4 Å². The van der Waals surface area contributed by atoms with E-state index in [4.69, 9.17) is 18.9 Å². The minimum absolute atomic E-state index is 0.0622. The van der Waals surface area contributed by atoms with Gasteiger partial charge in [-0.3, -0.25) is 0 Å². The van der Waals surface area contributed by atoms with E-state index in [1.165, 1.54) is 0 Å². The minimum atomic E-state index is -1.16. The quantitative estimate of drug-likeness (QED) is 0.0885. The summed E-state index contributed by atoms with van der Waals surface area (Å²) in [7, 11) is 0. The molecule has 0 radical (unpaired) electrons. The lowest BCUT2D eigenvalue weighted by Crippen LogP contribution is -2.58. The van der Waals surface area contributed by atoms with Crippen LogP contribution in [0.25, 0.3) is 0 Å². The number of hydrogen-bond donors (Lipinski definition) is 3. The summed E-state index contributed by atoms with van der Waals surface area (Å²) in [4.78, 5) is 53.3. The van der Waals surface area contributed by atoms with Gasteiger partial charge in [0.05, 0.1) is 18.7 Å². The van der Waals surface area contributed by atoms with E-state index in [0.29, 0.717) is 29.5 Å². The third-order valence-electron chi connectivity index (χ3n) is 7.76. The fourth-order valence-corrected chi connectivity index (χ4v) is 5.12. The number of nitrogens with one attached hydrogen (secondary N) is 2. The number of carbonyl (C=O) groups is 4. The highest BCUT2D eigenvalue weighted by atomic mass is 16.6. The van der Waals surface area contributed by atoms with Gasteiger partial charge in [0, 0.05) is 0 Å². The van der Waals surface area contributed by atoms with Crippen molar-refractivity contribution in [2.45, 2.75) is 64.7 Å². The molecule has 0 saturated carbocycles. The first-order valence-electron chi connectivity index (χ1n) is 16.9. The third kappa shape index (κ3) is 13.0. The molecule has 13 nitrogen and oxygen atoms in total. The summed E-state index contributed by atoms with van der Waals surface area (Å²) in [6, 6.07) is 33.9. The van der Waals surface area contributed by atoms with Crippen molar-refractivity contribution in [2.75, 3.05) is 6.61 Å². The van der Waals surface area contributed by atoms with Gasteiger partial charge in [-0.2, -0.15) is 0 Å². The lowest BCUT2D eigenvalue weighted by Gasteiger charge is -2.36. The number of aliphatic hydroxyl groups is 1. The van der Waals surface area contributed by atoms with E-state index < -0.39 is 43.1 Å². The van der Waals surface area contributed by atoms with Crippen molar-refractivity contribution < 1.29 is 43.2 Å². The largest absolute Gasteiger partial charge is 0.443 e. The molecule has 0 bridgehead atoms. The molecular formula is C39H44N4O9. The number of ether oxygens (including phenoxy) is 4. The van der Waals surface area contributed by atoms with Gasteiger partial charge in [-0.15, -0.1) is 0 Å². The van der Waals surface area contributed by atoms with Crippen molar-refractivity contribution in [2.24, 2.45) is 0 Å². The van der Waals surface area contributed by atoms with Gasteiger partial charge in [-0.05, 0) is 35.1 Å². The second-order valence-electron chi connectivity index (χ2n) is 11.7. The summed E-state index contributed by atoms with van der Waals surface area (Å²) in [5.41, 5.74) is 7.76. The smallest absolute Gasteiger partial charge is 0.429 e. The summed E-state index contributed by atoms with van der Waals surface area (Å²) >= 11 is 0. The predicted molar refractivity (Wildman–Crippen MR) is 191 cm³/mol. The molecule has 0 aliphatic heterocycles. The molecule has 2 atom stereocenters. The van der Waals surface area contributed by atoms with Crippen LogP contribution in [-0.2, 0) is 45.4 Å². The monoisotopic (exact) mass is 712 g/mol. The zero-order chi connectivity index (χ0) is 37.0.